The number of rotatable bonds is 2. The molecule has 3 rings (SSSR count). The van der Waals surface area contributed by atoms with E-state index in [2.05, 4.69) is 31.3 Å². The maximum Gasteiger partial charge on any atom is 0.163 e. The summed E-state index contributed by atoms with van der Waals surface area (Å²) in [5.74, 6) is 3.39. The van der Waals surface area contributed by atoms with Gasteiger partial charge in [0.2, 0.25) is 0 Å². The summed E-state index contributed by atoms with van der Waals surface area (Å²) < 4.78 is 11.4. The van der Waals surface area contributed by atoms with Gasteiger partial charge in [-0.1, -0.05) is 13.8 Å². The third-order valence-corrected chi connectivity index (χ3v) is 4.30. The second-order valence-corrected chi connectivity index (χ2v) is 6.47. The largest absolute Gasteiger partial charge is 0.490 e. The van der Waals surface area contributed by atoms with Gasteiger partial charge in [0.05, 0.1) is 13.2 Å². The standard InChI is InChI=1S/C17H25NO2/c1-12-8-13(2)10-15(9-12)18-14-4-5-16-17(11-14)20-7-3-6-19-16/h4-5,11-13,15,18H,3,6-10H2,1-2H3. The molecule has 2 unspecified atom stereocenters. The van der Waals surface area contributed by atoms with Gasteiger partial charge >= 0.3 is 0 Å². The Labute approximate surface area is 121 Å². The van der Waals surface area contributed by atoms with Crippen molar-refractivity contribution in [3.8, 4) is 11.5 Å². The fourth-order valence-corrected chi connectivity index (χ4v) is 3.55. The minimum absolute atomic E-state index is 0.582. The van der Waals surface area contributed by atoms with E-state index in [4.69, 9.17) is 9.47 Å². The van der Waals surface area contributed by atoms with Crippen LogP contribution in [0.5, 0.6) is 11.5 Å². The zero-order chi connectivity index (χ0) is 13.9. The molecule has 1 N–H and O–H groups in total. The van der Waals surface area contributed by atoms with Gasteiger partial charge in [0, 0.05) is 24.2 Å². The highest BCUT2D eigenvalue weighted by Gasteiger charge is 2.24. The van der Waals surface area contributed by atoms with Crippen molar-refractivity contribution >= 4 is 5.69 Å². The van der Waals surface area contributed by atoms with Crippen molar-refractivity contribution in [2.45, 2.75) is 45.6 Å². The average Bonchev–Trinajstić information content (AvgIpc) is 2.62. The van der Waals surface area contributed by atoms with Gasteiger partial charge in [-0.05, 0) is 43.2 Å². The van der Waals surface area contributed by atoms with E-state index in [1.165, 1.54) is 19.3 Å². The fourth-order valence-electron chi connectivity index (χ4n) is 3.55. The summed E-state index contributed by atoms with van der Waals surface area (Å²) in [7, 11) is 0. The van der Waals surface area contributed by atoms with Crippen LogP contribution in [0.1, 0.15) is 39.5 Å². The van der Waals surface area contributed by atoms with Gasteiger partial charge in [-0.2, -0.15) is 0 Å². The second-order valence-electron chi connectivity index (χ2n) is 6.47. The van der Waals surface area contributed by atoms with Crippen LogP contribution in [0.25, 0.3) is 0 Å². The van der Waals surface area contributed by atoms with Crippen LogP contribution in [0.2, 0.25) is 0 Å². The zero-order valence-corrected chi connectivity index (χ0v) is 12.5. The topological polar surface area (TPSA) is 30.5 Å². The quantitative estimate of drug-likeness (QED) is 0.882. The molecule has 3 nitrogen and oxygen atoms in total. The number of hydrogen-bond acceptors (Lipinski definition) is 3. The number of nitrogens with one attached hydrogen (secondary N) is 1. The van der Waals surface area contributed by atoms with E-state index in [-0.39, 0.29) is 0 Å². The first-order chi connectivity index (χ1) is 9.70. The van der Waals surface area contributed by atoms with Crippen LogP contribution in [0.4, 0.5) is 5.69 Å². The lowest BCUT2D eigenvalue weighted by atomic mass is 9.80. The first-order valence-electron chi connectivity index (χ1n) is 7.87. The number of hydrogen-bond donors (Lipinski definition) is 1. The van der Waals surface area contributed by atoms with Crippen LogP contribution in [0, 0.1) is 11.8 Å². The molecule has 2 atom stereocenters. The van der Waals surface area contributed by atoms with Crippen molar-refractivity contribution in [2.75, 3.05) is 18.5 Å². The molecule has 0 radical (unpaired) electrons. The predicted octanol–water partition coefficient (Wildman–Crippen LogP) is 4.08. The Morgan fingerprint density at radius 3 is 2.40 bits per heavy atom. The minimum atomic E-state index is 0.582. The minimum Gasteiger partial charge on any atom is -0.490 e. The first kappa shape index (κ1) is 13.6. The molecular weight excluding hydrogens is 250 g/mol. The molecule has 1 aromatic rings. The lowest BCUT2D eigenvalue weighted by molar-refractivity contribution is 0.280. The van der Waals surface area contributed by atoms with Gasteiger partial charge in [-0.15, -0.1) is 0 Å². The molecule has 0 bridgehead atoms. The molecule has 1 aromatic carbocycles. The van der Waals surface area contributed by atoms with Crippen molar-refractivity contribution in [2.24, 2.45) is 11.8 Å². The number of fused-ring (bicyclic) bond motifs is 1. The van der Waals surface area contributed by atoms with E-state index in [1.807, 2.05) is 6.07 Å². The van der Waals surface area contributed by atoms with Crippen LogP contribution in [0.15, 0.2) is 18.2 Å². The van der Waals surface area contributed by atoms with Crippen molar-refractivity contribution in [1.82, 2.24) is 0 Å². The molecule has 0 aromatic heterocycles. The highest BCUT2D eigenvalue weighted by Crippen LogP contribution is 2.35. The Balaban J connectivity index is 1.69. The molecule has 0 saturated heterocycles. The van der Waals surface area contributed by atoms with Gasteiger partial charge < -0.3 is 14.8 Å². The zero-order valence-electron chi connectivity index (χ0n) is 12.5. The third kappa shape index (κ3) is 3.20. The Bertz CT molecular complexity index is 450. The van der Waals surface area contributed by atoms with Crippen LogP contribution in [-0.4, -0.2) is 19.3 Å². The highest BCUT2D eigenvalue weighted by atomic mass is 16.5. The maximum absolute atomic E-state index is 5.76. The van der Waals surface area contributed by atoms with E-state index in [9.17, 15) is 0 Å². The van der Waals surface area contributed by atoms with Crippen LogP contribution < -0.4 is 14.8 Å². The normalized spacial score (nSPS) is 29.6. The first-order valence-corrected chi connectivity index (χ1v) is 7.87. The molecule has 0 spiro atoms. The number of ether oxygens (including phenoxy) is 2. The van der Waals surface area contributed by atoms with Gasteiger partial charge in [0.15, 0.2) is 11.5 Å². The Kier molecular flexibility index (Phi) is 4.04. The molecular formula is C17H25NO2. The van der Waals surface area contributed by atoms with Gasteiger partial charge in [0.25, 0.3) is 0 Å². The summed E-state index contributed by atoms with van der Waals surface area (Å²) in [6.07, 6.45) is 4.84. The van der Waals surface area contributed by atoms with Gasteiger partial charge in [0.1, 0.15) is 0 Å². The van der Waals surface area contributed by atoms with E-state index in [0.717, 1.165) is 48.7 Å². The lowest BCUT2D eigenvalue weighted by Crippen LogP contribution is -2.30. The Morgan fingerprint density at radius 1 is 0.950 bits per heavy atom. The molecule has 1 aliphatic carbocycles. The summed E-state index contributed by atoms with van der Waals surface area (Å²) in [5, 5.41) is 3.68. The molecule has 1 heterocycles. The molecule has 110 valence electrons. The smallest absolute Gasteiger partial charge is 0.163 e. The molecule has 1 aliphatic heterocycles. The van der Waals surface area contributed by atoms with Crippen molar-refractivity contribution < 1.29 is 9.47 Å². The van der Waals surface area contributed by atoms with Gasteiger partial charge in [-0.25, -0.2) is 0 Å². The van der Waals surface area contributed by atoms with Crippen LogP contribution >= 0.6 is 0 Å². The molecule has 0 amide bonds. The molecule has 2 aliphatic rings. The van der Waals surface area contributed by atoms with E-state index in [1.54, 1.807) is 0 Å². The number of benzene rings is 1. The Hall–Kier alpha value is -1.38. The van der Waals surface area contributed by atoms with E-state index >= 15 is 0 Å². The lowest BCUT2D eigenvalue weighted by Gasteiger charge is -2.32. The summed E-state index contributed by atoms with van der Waals surface area (Å²) in [5.41, 5.74) is 1.15. The van der Waals surface area contributed by atoms with Crippen molar-refractivity contribution in [3.63, 3.8) is 0 Å². The monoisotopic (exact) mass is 275 g/mol. The molecule has 1 fully saturated rings. The average molecular weight is 275 g/mol. The van der Waals surface area contributed by atoms with Crippen molar-refractivity contribution in [3.05, 3.63) is 18.2 Å². The molecule has 3 heteroatoms. The molecule has 1 saturated carbocycles. The summed E-state index contributed by atoms with van der Waals surface area (Å²) in [6, 6.07) is 6.80. The van der Waals surface area contributed by atoms with Gasteiger partial charge in [-0.3, -0.25) is 0 Å². The van der Waals surface area contributed by atoms with Crippen molar-refractivity contribution in [1.29, 1.82) is 0 Å². The maximum atomic E-state index is 5.76. The molecule has 20 heavy (non-hydrogen) atoms. The summed E-state index contributed by atoms with van der Waals surface area (Å²) in [6.45, 7) is 6.21. The number of anilines is 1. The summed E-state index contributed by atoms with van der Waals surface area (Å²) in [4.78, 5) is 0. The summed E-state index contributed by atoms with van der Waals surface area (Å²) >= 11 is 0. The van der Waals surface area contributed by atoms with E-state index in [0.29, 0.717) is 6.04 Å². The van der Waals surface area contributed by atoms with Crippen LogP contribution in [0.3, 0.4) is 0 Å². The Morgan fingerprint density at radius 2 is 1.65 bits per heavy atom. The SMILES string of the molecule is CC1CC(C)CC(Nc2ccc3c(c2)OCCCO3)C1. The second kappa shape index (κ2) is 5.94. The van der Waals surface area contributed by atoms with Crippen LogP contribution in [-0.2, 0) is 0 Å². The fraction of sp³-hybridized carbons (Fsp3) is 0.647. The highest BCUT2D eigenvalue weighted by molar-refractivity contribution is 5.55. The van der Waals surface area contributed by atoms with E-state index < -0.39 is 0 Å². The third-order valence-electron chi connectivity index (χ3n) is 4.30. The predicted molar refractivity (Wildman–Crippen MR) is 81.6 cm³/mol.